The van der Waals surface area contributed by atoms with Crippen LogP contribution < -0.4 is 10.6 Å². The maximum Gasteiger partial charge on any atom is 0.435 e. The highest BCUT2D eigenvalue weighted by atomic mass is 32.1. The van der Waals surface area contributed by atoms with Crippen molar-refractivity contribution in [2.75, 3.05) is 33.7 Å². The van der Waals surface area contributed by atoms with Gasteiger partial charge in [0.2, 0.25) is 0 Å². The zero-order valence-corrected chi connectivity index (χ0v) is 19.2. The Labute approximate surface area is 192 Å². The number of carbonyl (C=O) groups excluding carboxylic acids is 1. The van der Waals surface area contributed by atoms with Gasteiger partial charge in [0.05, 0.1) is 16.6 Å². The van der Waals surface area contributed by atoms with Crippen molar-refractivity contribution < 1.29 is 31.1 Å². The van der Waals surface area contributed by atoms with Gasteiger partial charge < -0.3 is 15.5 Å². The molecule has 5 nitrogen and oxygen atoms in total. The van der Waals surface area contributed by atoms with Crippen LogP contribution in [0.15, 0.2) is 24.3 Å². The van der Waals surface area contributed by atoms with Crippen molar-refractivity contribution >= 4 is 17.2 Å². The van der Waals surface area contributed by atoms with Crippen molar-refractivity contribution in [3.63, 3.8) is 0 Å². The minimum absolute atomic E-state index is 0.124. The Kier molecular flexibility index (Phi) is 9.27. The van der Waals surface area contributed by atoms with Gasteiger partial charge in [-0.3, -0.25) is 4.79 Å². The maximum atomic E-state index is 13.4. The lowest BCUT2D eigenvalue weighted by atomic mass is 10.0. The predicted octanol–water partition coefficient (Wildman–Crippen LogP) is 4.76. The summed E-state index contributed by atoms with van der Waals surface area (Å²) in [6.07, 6.45) is -8.32. The largest absolute Gasteiger partial charge is 0.435 e. The van der Waals surface area contributed by atoms with Crippen LogP contribution in [-0.2, 0) is 18.8 Å². The van der Waals surface area contributed by atoms with Gasteiger partial charge in [0, 0.05) is 13.0 Å². The molecule has 0 aliphatic heterocycles. The highest BCUT2D eigenvalue weighted by Crippen LogP contribution is 2.35. The molecular weight excluding hydrogens is 470 g/mol. The summed E-state index contributed by atoms with van der Waals surface area (Å²) in [4.78, 5) is 17.6. The molecule has 0 saturated heterocycles. The first-order chi connectivity index (χ1) is 15.3. The van der Waals surface area contributed by atoms with Gasteiger partial charge in [0.25, 0.3) is 5.91 Å². The van der Waals surface area contributed by atoms with E-state index in [9.17, 15) is 31.1 Å². The average molecular weight is 497 g/mol. The van der Waals surface area contributed by atoms with Gasteiger partial charge in [-0.1, -0.05) is 12.1 Å². The fourth-order valence-electron chi connectivity index (χ4n) is 2.99. The Morgan fingerprint density at radius 3 is 2.42 bits per heavy atom. The van der Waals surface area contributed by atoms with E-state index in [1.807, 2.05) is 19.0 Å². The first-order valence-corrected chi connectivity index (χ1v) is 11.0. The molecule has 1 aromatic heterocycles. The second-order valence-electron chi connectivity index (χ2n) is 7.76. The topological polar surface area (TPSA) is 57.3 Å². The lowest BCUT2D eigenvalue weighted by Gasteiger charge is -2.16. The third kappa shape index (κ3) is 8.27. The quantitative estimate of drug-likeness (QED) is 0.368. The average Bonchev–Trinajstić information content (AvgIpc) is 3.15. The lowest BCUT2D eigenvalue weighted by molar-refractivity contribution is -0.141. The number of rotatable bonds is 10. The maximum absolute atomic E-state index is 13.4. The summed E-state index contributed by atoms with van der Waals surface area (Å²) >= 11 is 0.636. The number of nitrogens with zero attached hydrogens (tertiary/aromatic N) is 2. The van der Waals surface area contributed by atoms with Crippen LogP contribution in [0.5, 0.6) is 0 Å². The Balaban J connectivity index is 2.09. The van der Waals surface area contributed by atoms with E-state index >= 15 is 0 Å². The Hall–Kier alpha value is -2.18. The molecular formula is C21H26F6N4OS. The van der Waals surface area contributed by atoms with Gasteiger partial charge in [-0.15, -0.1) is 11.3 Å². The van der Waals surface area contributed by atoms with E-state index in [-0.39, 0.29) is 17.0 Å². The lowest BCUT2D eigenvalue weighted by Crippen LogP contribution is -2.28. The van der Waals surface area contributed by atoms with Crippen molar-refractivity contribution in [2.24, 2.45) is 0 Å². The van der Waals surface area contributed by atoms with Gasteiger partial charge in [0.15, 0.2) is 5.69 Å². The summed E-state index contributed by atoms with van der Waals surface area (Å²) in [6.45, 7) is 3.37. The molecule has 1 atom stereocenters. The zero-order valence-electron chi connectivity index (χ0n) is 18.4. The van der Waals surface area contributed by atoms with E-state index in [1.165, 1.54) is 19.1 Å². The number of aromatic nitrogens is 1. The fraction of sp³-hybridized carbons (Fsp3) is 0.524. The summed E-state index contributed by atoms with van der Waals surface area (Å²) < 4.78 is 79.1. The number of alkyl halides is 6. The molecule has 0 spiro atoms. The standard InChI is InChI=1S/C21H26F6N4OS/c1-13(14-6-4-7-15(12-14)20(22,23)24)29-19(32)17-18(21(25,26)27)30-16(33-17)8-10-28-9-5-11-31(2)3/h4,6-7,12-13,28H,5,8-11H2,1-3H3,(H,29,32). The van der Waals surface area contributed by atoms with Crippen LogP contribution in [0.25, 0.3) is 0 Å². The van der Waals surface area contributed by atoms with Gasteiger partial charge in [-0.25, -0.2) is 4.98 Å². The molecule has 2 aromatic rings. The van der Waals surface area contributed by atoms with E-state index < -0.39 is 40.4 Å². The van der Waals surface area contributed by atoms with Crippen LogP contribution in [0.3, 0.4) is 0 Å². The number of hydrogen-bond acceptors (Lipinski definition) is 5. The molecule has 184 valence electrons. The summed E-state index contributed by atoms with van der Waals surface area (Å²) in [5.74, 6) is -1.03. The van der Waals surface area contributed by atoms with E-state index in [0.29, 0.717) is 24.4 Å². The minimum Gasteiger partial charge on any atom is -0.345 e. The number of nitrogens with one attached hydrogen (secondary N) is 2. The second-order valence-corrected chi connectivity index (χ2v) is 8.84. The molecule has 1 heterocycles. The third-order valence-electron chi connectivity index (χ3n) is 4.68. The summed E-state index contributed by atoms with van der Waals surface area (Å²) in [7, 11) is 3.88. The van der Waals surface area contributed by atoms with E-state index in [0.717, 1.165) is 25.1 Å². The highest BCUT2D eigenvalue weighted by molar-refractivity contribution is 7.13. The number of thiazole rings is 1. The van der Waals surface area contributed by atoms with Crippen LogP contribution in [0.2, 0.25) is 0 Å². The Bertz CT molecular complexity index is 926. The van der Waals surface area contributed by atoms with Crippen molar-refractivity contribution in [2.45, 2.75) is 38.2 Å². The monoisotopic (exact) mass is 496 g/mol. The van der Waals surface area contributed by atoms with Crippen molar-refractivity contribution in [3.05, 3.63) is 51.0 Å². The summed E-state index contributed by atoms with van der Waals surface area (Å²) in [5.41, 5.74) is -2.07. The smallest absolute Gasteiger partial charge is 0.345 e. The number of amides is 1. The summed E-state index contributed by atoms with van der Waals surface area (Å²) in [6, 6.07) is 3.34. The number of halogens is 6. The van der Waals surface area contributed by atoms with Crippen LogP contribution in [0, 0.1) is 0 Å². The molecule has 0 fully saturated rings. The zero-order chi connectivity index (χ0) is 24.8. The van der Waals surface area contributed by atoms with Crippen molar-refractivity contribution in [3.8, 4) is 0 Å². The normalized spacial score (nSPS) is 13.4. The third-order valence-corrected chi connectivity index (χ3v) is 5.80. The minimum atomic E-state index is -4.83. The highest BCUT2D eigenvalue weighted by Gasteiger charge is 2.40. The molecule has 1 amide bonds. The molecule has 1 aromatic carbocycles. The van der Waals surface area contributed by atoms with Crippen molar-refractivity contribution in [1.82, 2.24) is 20.5 Å². The number of benzene rings is 1. The van der Waals surface area contributed by atoms with Crippen LogP contribution in [-0.4, -0.2) is 49.5 Å². The van der Waals surface area contributed by atoms with Gasteiger partial charge in [-0.05, 0) is 58.2 Å². The molecule has 0 aliphatic carbocycles. The number of carbonyl (C=O) groups is 1. The molecule has 0 saturated carbocycles. The molecule has 12 heteroatoms. The fourth-order valence-corrected chi connectivity index (χ4v) is 3.97. The van der Waals surface area contributed by atoms with Crippen LogP contribution in [0.4, 0.5) is 26.3 Å². The van der Waals surface area contributed by atoms with E-state index in [2.05, 4.69) is 15.6 Å². The second kappa shape index (κ2) is 11.3. The van der Waals surface area contributed by atoms with Crippen LogP contribution in [0.1, 0.15) is 50.9 Å². The predicted molar refractivity (Wildman–Crippen MR) is 114 cm³/mol. The SMILES string of the molecule is CC(NC(=O)c1sc(CCNCCCN(C)C)nc1C(F)(F)F)c1cccc(C(F)(F)F)c1. The first kappa shape index (κ1) is 27.1. The van der Waals surface area contributed by atoms with Crippen molar-refractivity contribution in [1.29, 1.82) is 0 Å². The molecule has 0 aliphatic rings. The first-order valence-electron chi connectivity index (χ1n) is 10.2. The van der Waals surface area contributed by atoms with Gasteiger partial charge >= 0.3 is 12.4 Å². The number of hydrogen-bond donors (Lipinski definition) is 2. The van der Waals surface area contributed by atoms with E-state index in [1.54, 1.807) is 0 Å². The molecule has 0 radical (unpaired) electrons. The Morgan fingerprint density at radius 1 is 1.12 bits per heavy atom. The molecule has 0 bridgehead atoms. The summed E-state index contributed by atoms with van der Waals surface area (Å²) in [5, 5.41) is 5.63. The Morgan fingerprint density at radius 2 is 1.82 bits per heavy atom. The molecule has 1 unspecified atom stereocenters. The van der Waals surface area contributed by atoms with Gasteiger partial charge in [-0.2, -0.15) is 26.3 Å². The van der Waals surface area contributed by atoms with E-state index in [4.69, 9.17) is 0 Å². The van der Waals surface area contributed by atoms with Crippen LogP contribution >= 0.6 is 11.3 Å². The molecule has 2 N–H and O–H groups in total. The van der Waals surface area contributed by atoms with Gasteiger partial charge in [0.1, 0.15) is 4.88 Å². The molecule has 33 heavy (non-hydrogen) atoms. The molecule has 2 rings (SSSR count).